The summed E-state index contributed by atoms with van der Waals surface area (Å²) >= 11 is 1.57. The first-order valence-electron chi connectivity index (χ1n) is 10.3. The van der Waals surface area contributed by atoms with Gasteiger partial charge in [0.25, 0.3) is 5.91 Å². The predicted molar refractivity (Wildman–Crippen MR) is 129 cm³/mol. The molecule has 8 nitrogen and oxygen atoms in total. The summed E-state index contributed by atoms with van der Waals surface area (Å²) < 4.78 is 2.35. The largest absolute Gasteiger partial charge is 0.350 e. The number of carbonyl (C=O) groups excluding carboxylic acids is 2. The van der Waals surface area contributed by atoms with Crippen LogP contribution in [0.1, 0.15) is 21.5 Å². The van der Waals surface area contributed by atoms with Gasteiger partial charge in [-0.25, -0.2) is 13.9 Å². The Balaban J connectivity index is 1.46. The minimum atomic E-state index is -0.494. The first-order valence-corrected chi connectivity index (χ1v) is 11.5. The molecule has 0 unspecified atom stereocenters. The minimum absolute atomic E-state index is 0.237. The zero-order valence-corrected chi connectivity index (χ0v) is 19.1. The average Bonchev–Trinajstić information content (AvgIpc) is 3.13. The van der Waals surface area contributed by atoms with Gasteiger partial charge in [0.05, 0.1) is 5.56 Å². The fraction of sp³-hybridized carbons (Fsp3) is 0.167. The number of aryl methyl sites for hydroxylation is 1. The molecule has 4 aromatic rings. The third-order valence-electron chi connectivity index (χ3n) is 5.06. The highest BCUT2D eigenvalue weighted by molar-refractivity contribution is 7.98. The van der Waals surface area contributed by atoms with Crippen LogP contribution in [0.5, 0.6) is 0 Å². The lowest BCUT2D eigenvalue weighted by Crippen LogP contribution is -2.28. The molecule has 4 rings (SSSR count). The summed E-state index contributed by atoms with van der Waals surface area (Å²) in [5, 5.41) is 9.82. The molecule has 2 heterocycles. The molecule has 0 spiro atoms. The van der Waals surface area contributed by atoms with Gasteiger partial charge < -0.3 is 10.6 Å². The third kappa shape index (κ3) is 5.32. The van der Waals surface area contributed by atoms with Crippen LogP contribution < -0.4 is 16.3 Å². The van der Waals surface area contributed by atoms with E-state index in [0.29, 0.717) is 23.4 Å². The standard InChI is InChI=1S/C24H23N5O3S/c1-16-6-8-17(9-7-16)13-25-23(31)18-10-11-21-27-29(24(32)28(21)14-18)15-22(30)26-19-4-3-5-20(12-19)33-2/h3-12,14H,13,15H2,1-2H3,(H,25,31)(H,26,30). The van der Waals surface area contributed by atoms with E-state index in [9.17, 15) is 14.4 Å². The number of nitrogens with zero attached hydrogens (tertiary/aromatic N) is 3. The van der Waals surface area contributed by atoms with Gasteiger partial charge in [-0.1, -0.05) is 35.9 Å². The van der Waals surface area contributed by atoms with Gasteiger partial charge in [-0.05, 0) is 49.1 Å². The maximum Gasteiger partial charge on any atom is 0.350 e. The molecule has 0 fully saturated rings. The topological polar surface area (TPSA) is 97.5 Å². The number of thioether (sulfide) groups is 1. The highest BCUT2D eigenvalue weighted by atomic mass is 32.2. The molecule has 0 bridgehead atoms. The second-order valence-corrected chi connectivity index (χ2v) is 8.41. The van der Waals surface area contributed by atoms with Crippen molar-refractivity contribution in [3.63, 3.8) is 0 Å². The fourth-order valence-electron chi connectivity index (χ4n) is 3.28. The highest BCUT2D eigenvalue weighted by Crippen LogP contribution is 2.18. The van der Waals surface area contributed by atoms with E-state index in [4.69, 9.17) is 0 Å². The van der Waals surface area contributed by atoms with Crippen molar-refractivity contribution < 1.29 is 9.59 Å². The molecule has 0 saturated carbocycles. The third-order valence-corrected chi connectivity index (χ3v) is 5.79. The highest BCUT2D eigenvalue weighted by Gasteiger charge is 2.14. The van der Waals surface area contributed by atoms with Crippen molar-refractivity contribution in [1.82, 2.24) is 19.5 Å². The summed E-state index contributed by atoms with van der Waals surface area (Å²) in [4.78, 5) is 38.8. The molecular weight excluding hydrogens is 438 g/mol. The normalized spacial score (nSPS) is 10.8. The van der Waals surface area contributed by atoms with Crippen LogP contribution in [0.4, 0.5) is 5.69 Å². The van der Waals surface area contributed by atoms with Crippen LogP contribution in [0, 0.1) is 6.92 Å². The van der Waals surface area contributed by atoms with Gasteiger partial charge in [0, 0.05) is 23.3 Å². The van der Waals surface area contributed by atoms with Crippen LogP contribution in [-0.4, -0.2) is 32.3 Å². The molecule has 0 atom stereocenters. The summed E-state index contributed by atoms with van der Waals surface area (Å²) in [6.45, 7) is 2.14. The Hall–Kier alpha value is -3.85. The Morgan fingerprint density at radius 2 is 1.85 bits per heavy atom. The molecule has 0 aliphatic heterocycles. The van der Waals surface area contributed by atoms with E-state index in [1.54, 1.807) is 30.0 Å². The number of anilines is 1. The molecule has 0 aliphatic rings. The number of rotatable bonds is 7. The Morgan fingerprint density at radius 1 is 1.06 bits per heavy atom. The van der Waals surface area contributed by atoms with E-state index in [1.807, 2.05) is 55.6 Å². The van der Waals surface area contributed by atoms with Crippen LogP contribution in [0.25, 0.3) is 5.65 Å². The van der Waals surface area contributed by atoms with Crippen molar-refractivity contribution in [3.05, 3.63) is 94.0 Å². The molecule has 2 aromatic carbocycles. The molecule has 0 aliphatic carbocycles. The quantitative estimate of drug-likeness (QED) is 0.412. The molecular formula is C24H23N5O3S. The van der Waals surface area contributed by atoms with Gasteiger partial charge in [0.15, 0.2) is 5.65 Å². The number of hydrogen-bond donors (Lipinski definition) is 2. The molecule has 2 N–H and O–H groups in total. The SMILES string of the molecule is CSc1cccc(NC(=O)Cn2nc3ccc(C(=O)NCc4ccc(C)cc4)cn3c2=O)c1. The van der Waals surface area contributed by atoms with E-state index in [2.05, 4.69) is 15.7 Å². The molecule has 0 radical (unpaired) electrons. The average molecular weight is 462 g/mol. The van der Waals surface area contributed by atoms with E-state index >= 15 is 0 Å². The molecule has 168 valence electrons. The number of aromatic nitrogens is 3. The summed E-state index contributed by atoms with van der Waals surface area (Å²) in [5.41, 5.74) is 2.97. The van der Waals surface area contributed by atoms with Gasteiger partial charge in [-0.2, -0.15) is 0 Å². The van der Waals surface area contributed by atoms with Crippen molar-refractivity contribution in [1.29, 1.82) is 0 Å². The molecule has 2 aromatic heterocycles. The number of benzene rings is 2. The van der Waals surface area contributed by atoms with Crippen LogP contribution in [-0.2, 0) is 17.9 Å². The Morgan fingerprint density at radius 3 is 2.61 bits per heavy atom. The van der Waals surface area contributed by atoms with Gasteiger partial charge in [-0.15, -0.1) is 16.9 Å². The van der Waals surface area contributed by atoms with Crippen molar-refractivity contribution in [2.24, 2.45) is 0 Å². The van der Waals surface area contributed by atoms with Crippen LogP contribution in [0.2, 0.25) is 0 Å². The van der Waals surface area contributed by atoms with Gasteiger partial charge >= 0.3 is 5.69 Å². The maximum atomic E-state index is 12.8. The van der Waals surface area contributed by atoms with Crippen LogP contribution in [0.15, 0.2) is 76.6 Å². The van der Waals surface area contributed by atoms with E-state index in [-0.39, 0.29) is 18.4 Å². The zero-order chi connectivity index (χ0) is 23.4. The fourth-order valence-corrected chi connectivity index (χ4v) is 3.74. The van der Waals surface area contributed by atoms with Gasteiger partial charge in [0.2, 0.25) is 5.91 Å². The van der Waals surface area contributed by atoms with Crippen molar-refractivity contribution in [3.8, 4) is 0 Å². The van der Waals surface area contributed by atoms with Gasteiger partial charge in [0.1, 0.15) is 6.54 Å². The first-order chi connectivity index (χ1) is 15.9. The number of carbonyl (C=O) groups is 2. The van der Waals surface area contributed by atoms with Crippen LogP contribution in [0.3, 0.4) is 0 Å². The number of hydrogen-bond acceptors (Lipinski definition) is 5. The predicted octanol–water partition coefficient (Wildman–Crippen LogP) is 3.10. The van der Waals surface area contributed by atoms with Gasteiger partial charge in [-0.3, -0.25) is 9.59 Å². The summed E-state index contributed by atoms with van der Waals surface area (Å²) in [6.07, 6.45) is 3.39. The molecule has 2 amide bonds. The van der Waals surface area contributed by atoms with E-state index in [1.165, 1.54) is 10.6 Å². The minimum Gasteiger partial charge on any atom is -0.348 e. The monoisotopic (exact) mass is 461 g/mol. The van der Waals surface area contributed by atoms with Crippen molar-refractivity contribution in [2.45, 2.75) is 24.9 Å². The molecule has 33 heavy (non-hydrogen) atoms. The smallest absolute Gasteiger partial charge is 0.348 e. The molecule has 0 saturated heterocycles. The Kier molecular flexibility index (Phi) is 6.60. The lowest BCUT2D eigenvalue weighted by molar-refractivity contribution is -0.117. The van der Waals surface area contributed by atoms with E-state index < -0.39 is 5.69 Å². The Bertz CT molecular complexity index is 1380. The second kappa shape index (κ2) is 9.74. The lowest BCUT2D eigenvalue weighted by atomic mass is 10.1. The zero-order valence-electron chi connectivity index (χ0n) is 18.2. The number of pyridine rings is 1. The number of fused-ring (bicyclic) bond motifs is 1. The first kappa shape index (κ1) is 22.3. The van der Waals surface area contributed by atoms with Crippen LogP contribution >= 0.6 is 11.8 Å². The van der Waals surface area contributed by atoms with Crippen molar-refractivity contribution in [2.75, 3.05) is 11.6 Å². The summed E-state index contributed by atoms with van der Waals surface area (Å²) in [7, 11) is 0. The number of amides is 2. The Labute approximate surface area is 194 Å². The maximum absolute atomic E-state index is 12.8. The lowest BCUT2D eigenvalue weighted by Gasteiger charge is -2.06. The molecule has 9 heteroatoms. The van der Waals surface area contributed by atoms with E-state index in [0.717, 1.165) is 20.7 Å². The number of nitrogens with one attached hydrogen (secondary N) is 2. The summed E-state index contributed by atoms with van der Waals surface area (Å²) in [6, 6.07) is 18.5. The van der Waals surface area contributed by atoms with Crippen molar-refractivity contribution >= 4 is 34.9 Å². The second-order valence-electron chi connectivity index (χ2n) is 7.53. The summed E-state index contributed by atoms with van der Waals surface area (Å²) in [5.74, 6) is -0.668.